The number of ether oxygens (including phenoxy) is 1. The van der Waals surface area contributed by atoms with Crippen LogP contribution in [0.2, 0.25) is 0 Å². The first-order chi connectivity index (χ1) is 16.3. The van der Waals surface area contributed by atoms with Gasteiger partial charge in [-0.25, -0.2) is 5.53 Å². The molecule has 5 rings (SSSR count). The number of hydrazine groups is 1. The molecule has 1 aliphatic carbocycles. The van der Waals surface area contributed by atoms with Gasteiger partial charge in [0.25, 0.3) is 0 Å². The van der Waals surface area contributed by atoms with Crippen molar-refractivity contribution in [3.05, 3.63) is 35.7 Å². The lowest BCUT2D eigenvalue weighted by atomic mass is 9.91. The van der Waals surface area contributed by atoms with Crippen LogP contribution in [0.4, 0.5) is 0 Å². The number of fused-ring (bicyclic) bond motifs is 1. The van der Waals surface area contributed by atoms with Crippen LogP contribution in [0.25, 0.3) is 11.0 Å². The number of hydrazone groups is 1. The fourth-order valence-corrected chi connectivity index (χ4v) is 4.80. The van der Waals surface area contributed by atoms with Gasteiger partial charge in [0.2, 0.25) is 0 Å². The Hall–Kier alpha value is -2.58. The van der Waals surface area contributed by atoms with E-state index in [2.05, 4.69) is 20.7 Å². The highest BCUT2D eigenvalue weighted by atomic mass is 16.5. The zero-order valence-corrected chi connectivity index (χ0v) is 19.3. The molecule has 178 valence electrons. The lowest BCUT2D eigenvalue weighted by molar-refractivity contribution is 0.166. The summed E-state index contributed by atoms with van der Waals surface area (Å²) in [6.07, 6.45) is 13.9. The van der Waals surface area contributed by atoms with E-state index in [1.807, 2.05) is 29.4 Å². The number of hydrogen-bond donors (Lipinski definition) is 2. The molecule has 0 unspecified atom stereocenters. The van der Waals surface area contributed by atoms with Crippen LogP contribution in [-0.4, -0.2) is 59.2 Å². The van der Waals surface area contributed by atoms with E-state index in [-0.39, 0.29) is 6.61 Å². The molecule has 8 heteroatoms. The molecule has 33 heavy (non-hydrogen) atoms. The quantitative estimate of drug-likeness (QED) is 0.539. The van der Waals surface area contributed by atoms with E-state index < -0.39 is 0 Å². The van der Waals surface area contributed by atoms with Crippen molar-refractivity contribution in [3.8, 4) is 5.75 Å². The van der Waals surface area contributed by atoms with Crippen molar-refractivity contribution in [2.75, 3.05) is 32.8 Å². The highest BCUT2D eigenvalue weighted by Crippen LogP contribution is 2.34. The van der Waals surface area contributed by atoms with Crippen LogP contribution in [0, 0.1) is 11.8 Å². The van der Waals surface area contributed by atoms with Gasteiger partial charge in [-0.1, -0.05) is 5.16 Å². The summed E-state index contributed by atoms with van der Waals surface area (Å²) >= 11 is 0. The molecule has 1 saturated heterocycles. The van der Waals surface area contributed by atoms with Gasteiger partial charge in [-0.15, -0.1) is 0 Å². The summed E-state index contributed by atoms with van der Waals surface area (Å²) in [6.45, 7) is 5.06. The van der Waals surface area contributed by atoms with Crippen LogP contribution in [0.5, 0.6) is 5.75 Å². The Morgan fingerprint density at radius 3 is 2.76 bits per heavy atom. The van der Waals surface area contributed by atoms with Crippen molar-refractivity contribution in [1.29, 1.82) is 0 Å². The topological polar surface area (TPSA) is 86.4 Å². The predicted molar refractivity (Wildman–Crippen MR) is 128 cm³/mol. The van der Waals surface area contributed by atoms with E-state index >= 15 is 0 Å². The second kappa shape index (κ2) is 10.6. The maximum Gasteiger partial charge on any atom is 0.176 e. The number of benzene rings is 1. The van der Waals surface area contributed by atoms with Gasteiger partial charge in [-0.05, 0) is 94.6 Å². The zero-order valence-electron chi connectivity index (χ0n) is 19.3. The average molecular weight is 454 g/mol. The third kappa shape index (κ3) is 5.68. The SMILES string of the molecule is OCc1c(OCC2CC2)ccc2c(CCC3CCN(CCCN4C=CC=NN4)CC3)noc12. The number of aliphatic hydroxyl groups excluding tert-OH is 1. The summed E-state index contributed by atoms with van der Waals surface area (Å²) < 4.78 is 11.6. The first kappa shape index (κ1) is 22.2. The Kier molecular flexibility index (Phi) is 7.12. The Morgan fingerprint density at radius 2 is 2.00 bits per heavy atom. The third-order valence-electron chi connectivity index (χ3n) is 7.09. The van der Waals surface area contributed by atoms with Gasteiger partial charge < -0.3 is 19.3 Å². The lowest BCUT2D eigenvalue weighted by Crippen LogP contribution is -2.37. The van der Waals surface area contributed by atoms with Crippen LogP contribution in [0.15, 0.2) is 34.0 Å². The first-order valence-corrected chi connectivity index (χ1v) is 12.4. The summed E-state index contributed by atoms with van der Waals surface area (Å²) in [6, 6.07) is 4.01. The summed E-state index contributed by atoms with van der Waals surface area (Å²) in [5.41, 5.74) is 5.40. The van der Waals surface area contributed by atoms with Crippen molar-refractivity contribution in [2.45, 2.75) is 51.6 Å². The van der Waals surface area contributed by atoms with E-state index in [1.165, 1.54) is 38.8 Å². The molecule has 0 bridgehead atoms. The molecule has 3 aliphatic rings. The molecule has 2 aliphatic heterocycles. The van der Waals surface area contributed by atoms with E-state index in [9.17, 15) is 5.11 Å². The van der Waals surface area contributed by atoms with Crippen LogP contribution in [0.1, 0.15) is 49.8 Å². The van der Waals surface area contributed by atoms with Gasteiger partial charge in [0, 0.05) is 18.1 Å². The molecule has 8 nitrogen and oxygen atoms in total. The van der Waals surface area contributed by atoms with Crippen molar-refractivity contribution in [2.24, 2.45) is 16.9 Å². The number of hydrogen-bond acceptors (Lipinski definition) is 8. The molecule has 2 fully saturated rings. The Morgan fingerprint density at radius 1 is 1.12 bits per heavy atom. The molecule has 0 atom stereocenters. The number of nitrogens with zero attached hydrogens (tertiary/aromatic N) is 4. The summed E-state index contributed by atoms with van der Waals surface area (Å²) in [5, 5.41) is 21.4. The molecular formula is C25H35N5O3. The third-order valence-corrected chi connectivity index (χ3v) is 7.09. The van der Waals surface area contributed by atoms with Crippen molar-refractivity contribution >= 4 is 17.2 Å². The van der Waals surface area contributed by atoms with E-state index in [0.717, 1.165) is 67.3 Å². The Labute approximate surface area is 195 Å². The largest absolute Gasteiger partial charge is 0.493 e. The minimum absolute atomic E-state index is 0.0955. The molecule has 1 aromatic heterocycles. The molecule has 2 N–H and O–H groups in total. The average Bonchev–Trinajstić information content (AvgIpc) is 3.60. The van der Waals surface area contributed by atoms with Gasteiger partial charge >= 0.3 is 0 Å². The number of rotatable bonds is 11. The molecule has 2 aromatic rings. The van der Waals surface area contributed by atoms with Gasteiger partial charge in [0.15, 0.2) is 5.58 Å². The fourth-order valence-electron chi connectivity index (χ4n) is 4.80. The summed E-state index contributed by atoms with van der Waals surface area (Å²) in [7, 11) is 0. The fraction of sp³-hybridized carbons (Fsp3) is 0.600. The molecular weight excluding hydrogens is 418 g/mol. The van der Waals surface area contributed by atoms with Gasteiger partial charge in [0.1, 0.15) is 5.75 Å². The molecule has 0 amide bonds. The van der Waals surface area contributed by atoms with E-state index in [4.69, 9.17) is 9.26 Å². The van der Waals surface area contributed by atoms with E-state index in [1.54, 1.807) is 6.21 Å². The standard InChI is InChI=1S/C25H35N5O3/c31-17-22-24(32-18-20-3-4-20)8-6-21-23(27-33-25(21)22)7-5-19-9-15-29(16-10-19)12-2-14-30-13-1-11-26-28-30/h1,6,8,11,13,19-20,28,31H,2-5,7,9-10,12,14-18H2. The number of piperidine rings is 1. The predicted octanol–water partition coefficient (Wildman–Crippen LogP) is 3.46. The summed E-state index contributed by atoms with van der Waals surface area (Å²) in [5.74, 6) is 2.13. The maximum absolute atomic E-state index is 9.91. The Balaban J connectivity index is 1.08. The van der Waals surface area contributed by atoms with Crippen LogP contribution < -0.4 is 10.3 Å². The molecule has 1 aromatic carbocycles. The van der Waals surface area contributed by atoms with Crippen molar-refractivity contribution in [1.82, 2.24) is 20.6 Å². The number of allylic oxidation sites excluding steroid dienone is 1. The van der Waals surface area contributed by atoms with Crippen LogP contribution in [0.3, 0.4) is 0 Å². The lowest BCUT2D eigenvalue weighted by Gasteiger charge is -2.32. The molecule has 3 heterocycles. The number of nitrogens with one attached hydrogen (secondary N) is 1. The minimum atomic E-state index is -0.0955. The second-order valence-corrected chi connectivity index (χ2v) is 9.55. The highest BCUT2D eigenvalue weighted by molar-refractivity contribution is 5.84. The monoisotopic (exact) mass is 453 g/mol. The zero-order chi connectivity index (χ0) is 22.5. The highest BCUT2D eigenvalue weighted by Gasteiger charge is 2.24. The van der Waals surface area contributed by atoms with Gasteiger partial charge in [-0.3, -0.25) is 5.01 Å². The smallest absolute Gasteiger partial charge is 0.176 e. The maximum atomic E-state index is 9.91. The molecule has 0 spiro atoms. The summed E-state index contributed by atoms with van der Waals surface area (Å²) in [4.78, 5) is 2.58. The number of aromatic nitrogens is 1. The van der Waals surface area contributed by atoms with Crippen LogP contribution in [-0.2, 0) is 13.0 Å². The number of aliphatic hydroxyl groups is 1. The first-order valence-electron chi connectivity index (χ1n) is 12.4. The number of likely N-dealkylation sites (tertiary alicyclic amines) is 1. The van der Waals surface area contributed by atoms with Gasteiger partial charge in [-0.2, -0.15) is 5.10 Å². The van der Waals surface area contributed by atoms with Crippen molar-refractivity contribution < 1.29 is 14.4 Å². The van der Waals surface area contributed by atoms with Crippen LogP contribution >= 0.6 is 0 Å². The molecule has 0 radical (unpaired) electrons. The second-order valence-electron chi connectivity index (χ2n) is 9.55. The Bertz CT molecular complexity index is 976. The van der Waals surface area contributed by atoms with E-state index in [0.29, 0.717) is 11.5 Å². The normalized spacial score (nSPS) is 19.4. The van der Waals surface area contributed by atoms with Gasteiger partial charge in [0.05, 0.1) is 30.7 Å². The number of aryl methyl sites for hydroxylation is 1. The minimum Gasteiger partial charge on any atom is -0.493 e. The van der Waals surface area contributed by atoms with Crippen molar-refractivity contribution in [3.63, 3.8) is 0 Å². The molecule has 1 saturated carbocycles.